The lowest BCUT2D eigenvalue weighted by atomic mass is 10.2. The second kappa shape index (κ2) is 4.22. The van der Waals surface area contributed by atoms with Crippen LogP contribution in [0, 0.1) is 0 Å². The summed E-state index contributed by atoms with van der Waals surface area (Å²) in [5.74, 6) is 0. The van der Waals surface area contributed by atoms with Crippen molar-refractivity contribution in [3.05, 3.63) is 60.0 Å². The highest BCUT2D eigenvalue weighted by Gasteiger charge is 2.03. The summed E-state index contributed by atoms with van der Waals surface area (Å²) in [6.07, 6.45) is 5.60. The number of pyridine rings is 1. The fourth-order valence-corrected chi connectivity index (χ4v) is 1.66. The number of hydrogen-bond donors (Lipinski definition) is 0. The summed E-state index contributed by atoms with van der Waals surface area (Å²) in [5.41, 5.74) is 2.53. The Hall–Kier alpha value is -2.42. The van der Waals surface area contributed by atoms with E-state index in [4.69, 9.17) is 4.52 Å². The summed E-state index contributed by atoms with van der Waals surface area (Å²) in [4.78, 5) is 4.21. The molecule has 0 aliphatic rings. The largest absolute Gasteiger partial charge is 0.356 e. The van der Waals surface area contributed by atoms with Gasteiger partial charge < -0.3 is 4.52 Å². The normalized spacial score (nSPS) is 11.3. The van der Waals surface area contributed by atoms with E-state index in [2.05, 4.69) is 10.1 Å². The molecule has 0 unspecified atom stereocenters. The summed E-state index contributed by atoms with van der Waals surface area (Å²) < 4.78 is 5.22. The van der Waals surface area contributed by atoms with E-state index in [0.29, 0.717) is 0 Å². The molecule has 2 heterocycles. The minimum Gasteiger partial charge on any atom is -0.356 e. The third kappa shape index (κ3) is 1.95. The average Bonchev–Trinajstić information content (AvgIpc) is 2.81. The van der Waals surface area contributed by atoms with E-state index in [1.807, 2.05) is 54.6 Å². The zero-order valence-corrected chi connectivity index (χ0v) is 9.08. The molecule has 0 saturated carbocycles. The van der Waals surface area contributed by atoms with Crippen LogP contribution in [0.3, 0.4) is 0 Å². The maximum absolute atomic E-state index is 5.22. The minimum absolute atomic E-state index is 0.799. The molecule has 0 saturated heterocycles. The Morgan fingerprint density at radius 3 is 2.71 bits per heavy atom. The fourth-order valence-electron chi connectivity index (χ4n) is 1.66. The van der Waals surface area contributed by atoms with Gasteiger partial charge in [0.05, 0.1) is 5.69 Å². The van der Waals surface area contributed by atoms with Crippen molar-refractivity contribution >= 4 is 23.1 Å². The standard InChI is InChI=1S/C14H10N2O/c1-2-7-14-12(6-1)13(16-17-14)9-8-11-5-3-4-10-15-11/h1-10H. The van der Waals surface area contributed by atoms with Crippen LogP contribution < -0.4 is 0 Å². The van der Waals surface area contributed by atoms with Gasteiger partial charge in [0.15, 0.2) is 5.58 Å². The highest BCUT2D eigenvalue weighted by molar-refractivity contribution is 5.87. The van der Waals surface area contributed by atoms with Crippen LogP contribution in [0.25, 0.3) is 23.1 Å². The van der Waals surface area contributed by atoms with Crippen molar-refractivity contribution in [3.63, 3.8) is 0 Å². The maximum atomic E-state index is 5.22. The molecular weight excluding hydrogens is 212 g/mol. The van der Waals surface area contributed by atoms with Gasteiger partial charge >= 0.3 is 0 Å². The second-order valence-electron chi connectivity index (χ2n) is 3.65. The Balaban J connectivity index is 1.98. The molecule has 0 aliphatic heterocycles. The van der Waals surface area contributed by atoms with Crippen molar-refractivity contribution in [1.29, 1.82) is 0 Å². The Bertz CT molecular complexity index is 656. The first-order chi connectivity index (χ1) is 8.43. The average molecular weight is 222 g/mol. The predicted molar refractivity (Wildman–Crippen MR) is 67.2 cm³/mol. The van der Waals surface area contributed by atoms with Crippen LogP contribution in [0.2, 0.25) is 0 Å². The molecule has 0 aliphatic carbocycles. The monoisotopic (exact) mass is 222 g/mol. The number of hydrogen-bond acceptors (Lipinski definition) is 3. The van der Waals surface area contributed by atoms with E-state index < -0.39 is 0 Å². The highest BCUT2D eigenvalue weighted by Crippen LogP contribution is 2.19. The van der Waals surface area contributed by atoms with Crippen LogP contribution in [-0.2, 0) is 0 Å². The van der Waals surface area contributed by atoms with Crippen molar-refractivity contribution in [2.24, 2.45) is 0 Å². The maximum Gasteiger partial charge on any atom is 0.167 e. The predicted octanol–water partition coefficient (Wildman–Crippen LogP) is 3.39. The molecule has 2 aromatic heterocycles. The van der Waals surface area contributed by atoms with Gasteiger partial charge in [-0.1, -0.05) is 23.4 Å². The van der Waals surface area contributed by atoms with Gasteiger partial charge in [-0.05, 0) is 36.4 Å². The van der Waals surface area contributed by atoms with E-state index in [0.717, 1.165) is 22.4 Å². The first-order valence-corrected chi connectivity index (χ1v) is 5.37. The van der Waals surface area contributed by atoms with E-state index in [-0.39, 0.29) is 0 Å². The van der Waals surface area contributed by atoms with E-state index in [1.165, 1.54) is 0 Å². The third-order valence-electron chi connectivity index (χ3n) is 2.51. The Labute approximate surface area is 98.4 Å². The molecule has 0 radical (unpaired) electrons. The summed E-state index contributed by atoms with van der Waals surface area (Å²) in [5, 5.41) is 5.03. The zero-order valence-electron chi connectivity index (χ0n) is 9.08. The number of para-hydroxylation sites is 1. The molecular formula is C14H10N2O. The van der Waals surface area contributed by atoms with Gasteiger partial charge in [0, 0.05) is 11.6 Å². The quantitative estimate of drug-likeness (QED) is 0.667. The summed E-state index contributed by atoms with van der Waals surface area (Å²) in [6, 6.07) is 13.6. The molecule has 3 nitrogen and oxygen atoms in total. The molecule has 1 aromatic carbocycles. The van der Waals surface area contributed by atoms with Crippen molar-refractivity contribution in [2.75, 3.05) is 0 Å². The number of rotatable bonds is 2. The first-order valence-electron chi connectivity index (χ1n) is 5.37. The van der Waals surface area contributed by atoms with Crippen molar-refractivity contribution in [1.82, 2.24) is 10.1 Å². The molecule has 3 rings (SSSR count). The zero-order chi connectivity index (χ0) is 11.5. The van der Waals surface area contributed by atoms with Gasteiger partial charge in [-0.15, -0.1) is 0 Å². The van der Waals surface area contributed by atoms with Crippen LogP contribution in [0.15, 0.2) is 53.2 Å². The highest BCUT2D eigenvalue weighted by atomic mass is 16.5. The molecule has 82 valence electrons. The summed E-state index contributed by atoms with van der Waals surface area (Å²) >= 11 is 0. The number of nitrogens with zero attached hydrogens (tertiary/aromatic N) is 2. The molecule has 0 atom stereocenters. The SMILES string of the molecule is C(=Cc1noc2ccccc12)c1ccccn1. The van der Waals surface area contributed by atoms with Crippen LogP contribution >= 0.6 is 0 Å². The van der Waals surface area contributed by atoms with Gasteiger partial charge in [-0.25, -0.2) is 0 Å². The van der Waals surface area contributed by atoms with Crippen LogP contribution in [0.4, 0.5) is 0 Å². The minimum atomic E-state index is 0.799. The molecule has 0 amide bonds. The van der Waals surface area contributed by atoms with E-state index in [9.17, 15) is 0 Å². The molecule has 0 spiro atoms. The van der Waals surface area contributed by atoms with Gasteiger partial charge in [0.1, 0.15) is 5.69 Å². The van der Waals surface area contributed by atoms with Gasteiger partial charge in [-0.3, -0.25) is 4.98 Å². The topological polar surface area (TPSA) is 38.9 Å². The van der Waals surface area contributed by atoms with E-state index >= 15 is 0 Å². The van der Waals surface area contributed by atoms with Gasteiger partial charge in [0.25, 0.3) is 0 Å². The van der Waals surface area contributed by atoms with Crippen molar-refractivity contribution < 1.29 is 4.52 Å². The second-order valence-corrected chi connectivity index (χ2v) is 3.65. The lowest BCUT2D eigenvalue weighted by Gasteiger charge is -1.89. The lowest BCUT2D eigenvalue weighted by Crippen LogP contribution is -1.77. The van der Waals surface area contributed by atoms with Gasteiger partial charge in [-0.2, -0.15) is 0 Å². The van der Waals surface area contributed by atoms with Crippen LogP contribution in [0.5, 0.6) is 0 Å². The first kappa shape index (κ1) is 9.78. The summed E-state index contributed by atoms with van der Waals surface area (Å²) in [7, 11) is 0. The van der Waals surface area contributed by atoms with Crippen molar-refractivity contribution in [2.45, 2.75) is 0 Å². The number of benzene rings is 1. The lowest BCUT2D eigenvalue weighted by molar-refractivity contribution is 0.454. The summed E-state index contributed by atoms with van der Waals surface area (Å²) in [6.45, 7) is 0. The fraction of sp³-hybridized carbons (Fsp3) is 0. The molecule has 0 bridgehead atoms. The Kier molecular flexibility index (Phi) is 2.43. The molecule has 3 aromatic rings. The van der Waals surface area contributed by atoms with Crippen molar-refractivity contribution in [3.8, 4) is 0 Å². The number of fused-ring (bicyclic) bond motifs is 1. The van der Waals surface area contributed by atoms with Crippen LogP contribution in [-0.4, -0.2) is 10.1 Å². The molecule has 17 heavy (non-hydrogen) atoms. The number of aromatic nitrogens is 2. The van der Waals surface area contributed by atoms with E-state index in [1.54, 1.807) is 6.20 Å². The Morgan fingerprint density at radius 1 is 0.941 bits per heavy atom. The molecule has 0 N–H and O–H groups in total. The van der Waals surface area contributed by atoms with Crippen LogP contribution in [0.1, 0.15) is 11.4 Å². The van der Waals surface area contributed by atoms with Gasteiger partial charge in [0.2, 0.25) is 0 Å². The molecule has 0 fully saturated rings. The smallest absolute Gasteiger partial charge is 0.167 e. The third-order valence-corrected chi connectivity index (χ3v) is 2.51. The molecule has 3 heteroatoms. The Morgan fingerprint density at radius 2 is 1.82 bits per heavy atom.